The molecule has 0 radical (unpaired) electrons. The zero-order valence-electron chi connectivity index (χ0n) is 26.7. The second-order valence-electron chi connectivity index (χ2n) is 12.8. The van der Waals surface area contributed by atoms with E-state index in [0.717, 1.165) is 33.4 Å². The fraction of sp³-hybridized carbons (Fsp3) is 0. The first-order chi connectivity index (χ1) is 24.3. The maximum atomic E-state index is 6.66. The lowest BCUT2D eigenvalue weighted by atomic mass is 9.84. The van der Waals surface area contributed by atoms with Crippen molar-refractivity contribution in [3.63, 3.8) is 0 Å². The van der Waals surface area contributed by atoms with E-state index in [2.05, 4.69) is 176 Å². The van der Waals surface area contributed by atoms with Crippen molar-refractivity contribution in [3.8, 4) is 44.7 Å². The molecule has 10 rings (SSSR count). The van der Waals surface area contributed by atoms with Crippen LogP contribution in [0.5, 0.6) is 0 Å². The highest BCUT2D eigenvalue weighted by atomic mass is 16.3. The van der Waals surface area contributed by atoms with E-state index < -0.39 is 0 Å². The Labute approximate surface area is 284 Å². The zero-order valence-corrected chi connectivity index (χ0v) is 26.7. The molecule has 0 aliphatic heterocycles. The fourth-order valence-corrected chi connectivity index (χ4v) is 7.93. The van der Waals surface area contributed by atoms with Crippen molar-refractivity contribution in [3.05, 3.63) is 182 Å². The van der Waals surface area contributed by atoms with Gasteiger partial charge in [0, 0.05) is 16.5 Å². The fourth-order valence-electron chi connectivity index (χ4n) is 7.93. The Balaban J connectivity index is 1.25. The van der Waals surface area contributed by atoms with E-state index in [9.17, 15) is 0 Å². The smallest absolute Gasteiger partial charge is 0.143 e. The first-order valence-corrected chi connectivity index (χ1v) is 16.9. The van der Waals surface area contributed by atoms with Gasteiger partial charge < -0.3 is 4.42 Å². The first kappa shape index (κ1) is 27.7. The summed E-state index contributed by atoms with van der Waals surface area (Å²) in [7, 11) is 0. The topological polar surface area (TPSA) is 13.1 Å². The zero-order chi connectivity index (χ0) is 32.3. The van der Waals surface area contributed by atoms with Crippen LogP contribution in [0.15, 0.2) is 186 Å². The van der Waals surface area contributed by atoms with Gasteiger partial charge >= 0.3 is 0 Å². The molecule has 0 atom stereocenters. The third-order valence-corrected chi connectivity index (χ3v) is 10.0. The quantitative estimate of drug-likeness (QED) is 0.178. The lowest BCUT2D eigenvalue weighted by Gasteiger charge is -2.19. The highest BCUT2D eigenvalue weighted by Gasteiger charge is 2.21. The van der Waals surface area contributed by atoms with Gasteiger partial charge in [-0.3, -0.25) is 0 Å². The molecule has 0 spiro atoms. The first-order valence-electron chi connectivity index (χ1n) is 16.9. The number of rotatable bonds is 4. The predicted molar refractivity (Wildman–Crippen MR) is 208 cm³/mol. The summed E-state index contributed by atoms with van der Waals surface area (Å²) in [5.41, 5.74) is 9.27. The molecule has 1 aromatic heterocycles. The molecule has 1 nitrogen and oxygen atoms in total. The van der Waals surface area contributed by atoms with Gasteiger partial charge in [-0.25, -0.2) is 0 Å². The van der Waals surface area contributed by atoms with E-state index in [-0.39, 0.29) is 0 Å². The van der Waals surface area contributed by atoms with Crippen LogP contribution in [0.1, 0.15) is 0 Å². The predicted octanol–water partition coefficient (Wildman–Crippen LogP) is 13.7. The highest BCUT2D eigenvalue weighted by molar-refractivity contribution is 6.24. The van der Waals surface area contributed by atoms with Crippen LogP contribution in [-0.4, -0.2) is 0 Å². The second kappa shape index (κ2) is 11.1. The highest BCUT2D eigenvalue weighted by Crippen LogP contribution is 2.47. The molecule has 49 heavy (non-hydrogen) atoms. The lowest BCUT2D eigenvalue weighted by molar-refractivity contribution is 0.632. The van der Waals surface area contributed by atoms with Gasteiger partial charge in [-0.05, 0) is 83.0 Å². The van der Waals surface area contributed by atoms with Gasteiger partial charge in [0.2, 0.25) is 0 Å². The Bertz CT molecular complexity index is 2800. The Kier molecular flexibility index (Phi) is 6.25. The van der Waals surface area contributed by atoms with Crippen LogP contribution in [-0.2, 0) is 0 Å². The van der Waals surface area contributed by atoms with Crippen LogP contribution in [0.4, 0.5) is 0 Å². The number of hydrogen-bond donors (Lipinski definition) is 0. The molecule has 0 aliphatic carbocycles. The minimum atomic E-state index is 0.897. The molecule has 0 aliphatic rings. The van der Waals surface area contributed by atoms with E-state index in [1.54, 1.807) is 0 Å². The summed E-state index contributed by atoms with van der Waals surface area (Å²) < 4.78 is 6.66. The van der Waals surface area contributed by atoms with E-state index in [4.69, 9.17) is 4.42 Å². The van der Waals surface area contributed by atoms with Crippen LogP contribution in [0, 0.1) is 0 Å². The third-order valence-electron chi connectivity index (χ3n) is 10.0. The summed E-state index contributed by atoms with van der Waals surface area (Å²) in [5.74, 6) is 0.902. The van der Waals surface area contributed by atoms with Crippen molar-refractivity contribution in [1.29, 1.82) is 0 Å². The Morgan fingerprint density at radius 1 is 0.306 bits per heavy atom. The molecular formula is C48H30O. The van der Waals surface area contributed by atoms with Gasteiger partial charge in [0.25, 0.3) is 0 Å². The van der Waals surface area contributed by atoms with Crippen molar-refractivity contribution in [2.75, 3.05) is 0 Å². The standard InChI is InChI=1S/C48H30O/c1-3-15-32(16-4-1)45-47-37-28-26-35(30-34(37)27-29-43(47)49-48(45)33-17-5-2-6-18-33)44-39-21-9-11-23-41(39)46(42-24-12-10-22-40(42)44)38-25-13-19-31-14-7-8-20-36(31)38/h1-30H. The molecule has 9 aromatic carbocycles. The van der Waals surface area contributed by atoms with Crippen molar-refractivity contribution in [2.24, 2.45) is 0 Å². The molecule has 0 bridgehead atoms. The molecule has 0 saturated carbocycles. The van der Waals surface area contributed by atoms with Gasteiger partial charge in [0.1, 0.15) is 11.3 Å². The van der Waals surface area contributed by atoms with Crippen LogP contribution in [0.25, 0.3) is 98.8 Å². The van der Waals surface area contributed by atoms with E-state index in [1.807, 2.05) is 6.07 Å². The SMILES string of the molecule is c1ccc(-c2oc3ccc4cc(-c5c6ccccc6c(-c6cccc7ccccc67)c6ccccc56)ccc4c3c2-c2ccccc2)cc1. The second-order valence-corrected chi connectivity index (χ2v) is 12.8. The molecular weight excluding hydrogens is 593 g/mol. The normalized spacial score (nSPS) is 11.7. The van der Waals surface area contributed by atoms with Crippen LogP contribution in [0.3, 0.4) is 0 Å². The molecule has 1 heterocycles. The van der Waals surface area contributed by atoms with E-state index in [1.165, 1.54) is 65.3 Å². The largest absolute Gasteiger partial charge is 0.455 e. The average molecular weight is 623 g/mol. The van der Waals surface area contributed by atoms with Crippen LogP contribution >= 0.6 is 0 Å². The monoisotopic (exact) mass is 622 g/mol. The number of fused-ring (bicyclic) bond motifs is 6. The van der Waals surface area contributed by atoms with Crippen molar-refractivity contribution < 1.29 is 4.42 Å². The van der Waals surface area contributed by atoms with Crippen molar-refractivity contribution >= 4 is 54.1 Å². The van der Waals surface area contributed by atoms with Gasteiger partial charge in [0.05, 0.1) is 0 Å². The Morgan fingerprint density at radius 3 is 1.57 bits per heavy atom. The Morgan fingerprint density at radius 2 is 0.878 bits per heavy atom. The van der Waals surface area contributed by atoms with E-state index in [0.29, 0.717) is 0 Å². The molecule has 10 aromatic rings. The van der Waals surface area contributed by atoms with Gasteiger partial charge in [-0.2, -0.15) is 0 Å². The van der Waals surface area contributed by atoms with Crippen molar-refractivity contribution in [1.82, 2.24) is 0 Å². The molecule has 1 heteroatoms. The van der Waals surface area contributed by atoms with Gasteiger partial charge in [0.15, 0.2) is 0 Å². The summed E-state index contributed by atoms with van der Waals surface area (Å²) in [6, 6.07) is 65.6. The number of furan rings is 1. The maximum absolute atomic E-state index is 6.66. The van der Waals surface area contributed by atoms with Crippen LogP contribution in [0.2, 0.25) is 0 Å². The molecule has 0 fully saturated rings. The van der Waals surface area contributed by atoms with Gasteiger partial charge in [-0.15, -0.1) is 0 Å². The van der Waals surface area contributed by atoms with Crippen LogP contribution < -0.4 is 0 Å². The van der Waals surface area contributed by atoms with E-state index >= 15 is 0 Å². The summed E-state index contributed by atoms with van der Waals surface area (Å²) in [4.78, 5) is 0. The van der Waals surface area contributed by atoms with Gasteiger partial charge in [-0.1, -0.05) is 170 Å². The summed E-state index contributed by atoms with van der Waals surface area (Å²) in [6.07, 6.45) is 0. The minimum Gasteiger partial charge on any atom is -0.455 e. The summed E-state index contributed by atoms with van der Waals surface area (Å²) in [6.45, 7) is 0. The van der Waals surface area contributed by atoms with Crippen molar-refractivity contribution in [2.45, 2.75) is 0 Å². The number of benzene rings is 9. The number of hydrogen-bond acceptors (Lipinski definition) is 1. The third kappa shape index (κ3) is 4.33. The minimum absolute atomic E-state index is 0.897. The molecule has 0 N–H and O–H groups in total. The molecule has 0 unspecified atom stereocenters. The molecule has 0 saturated heterocycles. The molecule has 0 amide bonds. The average Bonchev–Trinajstić information content (AvgIpc) is 3.58. The summed E-state index contributed by atoms with van der Waals surface area (Å²) in [5, 5.41) is 11.1. The maximum Gasteiger partial charge on any atom is 0.143 e. The molecule has 228 valence electrons. The summed E-state index contributed by atoms with van der Waals surface area (Å²) >= 11 is 0. The lowest BCUT2D eigenvalue weighted by Crippen LogP contribution is -1.91. The Hall–Kier alpha value is -6.44.